The van der Waals surface area contributed by atoms with Crippen molar-refractivity contribution >= 4 is 80.9 Å². The Morgan fingerprint density at radius 1 is 0.313 bits per heavy atom. The third kappa shape index (κ3) is 27.5. The van der Waals surface area contributed by atoms with Crippen molar-refractivity contribution in [2.45, 2.75) is 121 Å². The van der Waals surface area contributed by atoms with E-state index in [-0.39, 0.29) is 5.41 Å². The molecule has 0 unspecified atom stereocenters. The van der Waals surface area contributed by atoms with Gasteiger partial charge in [-0.1, -0.05) is 357 Å². The van der Waals surface area contributed by atoms with Crippen molar-refractivity contribution in [2.24, 2.45) is 0 Å². The van der Waals surface area contributed by atoms with Gasteiger partial charge in [0.25, 0.3) is 0 Å². The van der Waals surface area contributed by atoms with Crippen LogP contribution in [0.3, 0.4) is 0 Å². The lowest BCUT2D eigenvalue weighted by molar-refractivity contribution is 0.307. The van der Waals surface area contributed by atoms with Crippen LogP contribution in [0.5, 0.6) is 5.75 Å². The summed E-state index contributed by atoms with van der Waals surface area (Å²) in [6, 6.07) is 120. The van der Waals surface area contributed by atoms with Gasteiger partial charge in [-0.15, -0.1) is 0 Å². The van der Waals surface area contributed by atoms with Crippen molar-refractivity contribution in [3.8, 4) is 5.75 Å². The van der Waals surface area contributed by atoms with E-state index in [0.717, 1.165) is 140 Å². The molecule has 147 heavy (non-hydrogen) atoms. The van der Waals surface area contributed by atoms with Crippen molar-refractivity contribution in [2.75, 3.05) is 153 Å². The Bertz CT molecular complexity index is 6450. The third-order valence-corrected chi connectivity index (χ3v) is 29.9. The van der Waals surface area contributed by atoms with Crippen LogP contribution in [0.4, 0.5) is 22.7 Å². The number of rotatable bonds is 24. The molecule has 10 nitrogen and oxygen atoms in total. The second-order valence-electron chi connectivity index (χ2n) is 41.2. The van der Waals surface area contributed by atoms with Crippen LogP contribution in [-0.2, 0) is 50.5 Å². The first-order valence-electron chi connectivity index (χ1n) is 53.7. The molecule has 756 valence electrons. The summed E-state index contributed by atoms with van der Waals surface area (Å²) in [6.07, 6.45) is 36.7. The second kappa shape index (κ2) is 53.5. The molecule has 0 amide bonds. The quantitative estimate of drug-likeness (QED) is 0.0572. The average Bonchev–Trinajstić information content (AvgIpc) is 1.64. The number of benzene rings is 14. The molecule has 11 heteroatoms. The van der Waals surface area contributed by atoms with Gasteiger partial charge in [-0.05, 0) is 395 Å². The van der Waals surface area contributed by atoms with E-state index in [4.69, 9.17) is 16.3 Å². The number of ether oxygens (including phenoxy) is 1. The molecule has 2 bridgehead atoms. The lowest BCUT2D eigenvalue weighted by atomic mass is 9.54. The molecule has 2 N–H and O–H groups in total. The summed E-state index contributed by atoms with van der Waals surface area (Å²) < 4.78 is 5.98. The van der Waals surface area contributed by atoms with E-state index in [1.165, 1.54) is 183 Å². The highest BCUT2D eigenvalue weighted by molar-refractivity contribution is 6.31. The zero-order valence-electron chi connectivity index (χ0n) is 89.3. The fraction of sp³-hybridized carbons (Fsp3) is 0.294. The molecular weight excluding hydrogens is 1810 g/mol. The van der Waals surface area contributed by atoms with Gasteiger partial charge in [-0.3, -0.25) is 0 Å². The first-order chi connectivity index (χ1) is 71.9. The van der Waals surface area contributed by atoms with Crippen molar-refractivity contribution in [1.82, 2.24) is 35.1 Å². The Kier molecular flexibility index (Phi) is 38.8. The summed E-state index contributed by atoms with van der Waals surface area (Å²) in [4.78, 5) is 16.1. The topological polar surface area (TPSA) is 56.0 Å². The fourth-order valence-corrected chi connectivity index (χ4v) is 22.5. The maximum Gasteiger partial charge on any atom is 0.127 e. The second-order valence-corrected chi connectivity index (χ2v) is 41.7. The van der Waals surface area contributed by atoms with E-state index in [0.29, 0.717) is 12.5 Å². The maximum absolute atomic E-state index is 6.27. The van der Waals surface area contributed by atoms with E-state index >= 15 is 0 Å². The Labute approximate surface area is 885 Å². The predicted octanol–water partition coefficient (Wildman–Crippen LogP) is 29.5. The summed E-state index contributed by atoms with van der Waals surface area (Å²) in [6.45, 7) is 10.3. The van der Waals surface area contributed by atoms with Gasteiger partial charge in [0.2, 0.25) is 0 Å². The highest BCUT2D eigenvalue weighted by Crippen LogP contribution is 2.58. The first kappa shape index (κ1) is 107. The van der Waals surface area contributed by atoms with Gasteiger partial charge in [0, 0.05) is 77.4 Å². The van der Waals surface area contributed by atoms with Crippen LogP contribution in [-0.4, -0.2) is 168 Å². The number of para-hydroxylation sites is 4. The van der Waals surface area contributed by atoms with E-state index in [1.54, 1.807) is 22.3 Å². The molecule has 6 aliphatic carbocycles. The normalized spacial score (nSPS) is 15.3. The molecule has 3 aliphatic heterocycles. The molecule has 0 saturated heterocycles. The highest BCUT2D eigenvalue weighted by Gasteiger charge is 2.47. The number of anilines is 4. The van der Waals surface area contributed by atoms with Gasteiger partial charge >= 0.3 is 0 Å². The van der Waals surface area contributed by atoms with E-state index in [1.807, 2.05) is 19.2 Å². The Morgan fingerprint density at radius 2 is 0.633 bits per heavy atom. The molecule has 0 aromatic heterocycles. The number of nitrogens with zero attached hydrogens (tertiary/aromatic N) is 7. The van der Waals surface area contributed by atoms with Crippen molar-refractivity contribution in [3.63, 3.8) is 0 Å². The molecule has 0 radical (unpaired) electrons. The number of halogens is 1. The molecular formula is C136H154ClN9O. The first-order valence-corrected chi connectivity index (χ1v) is 54.1. The van der Waals surface area contributed by atoms with Crippen molar-refractivity contribution < 1.29 is 4.74 Å². The summed E-state index contributed by atoms with van der Waals surface area (Å²) in [5.41, 5.74) is 43.2. The molecule has 3 heterocycles. The van der Waals surface area contributed by atoms with E-state index in [2.05, 4.69) is 493 Å². The Balaban J connectivity index is 0.000000123. The van der Waals surface area contributed by atoms with Gasteiger partial charge < -0.3 is 49.7 Å². The van der Waals surface area contributed by atoms with Crippen LogP contribution in [0.15, 0.2) is 358 Å². The lowest BCUT2D eigenvalue weighted by Crippen LogP contribution is -2.40. The van der Waals surface area contributed by atoms with Crippen LogP contribution < -0.4 is 25.2 Å². The zero-order valence-corrected chi connectivity index (χ0v) is 90.0. The number of hydrogen-bond acceptors (Lipinski definition) is 10. The summed E-state index contributed by atoms with van der Waals surface area (Å²) in [7, 11) is 25.3. The van der Waals surface area contributed by atoms with E-state index < -0.39 is 0 Å². The van der Waals surface area contributed by atoms with Crippen molar-refractivity contribution in [3.05, 3.63) is 491 Å². The van der Waals surface area contributed by atoms with Gasteiger partial charge in [0.1, 0.15) is 12.4 Å². The van der Waals surface area contributed by atoms with Crippen molar-refractivity contribution in [1.29, 1.82) is 0 Å². The van der Waals surface area contributed by atoms with Crippen LogP contribution >= 0.6 is 11.6 Å². The van der Waals surface area contributed by atoms with Crippen LogP contribution in [0.25, 0.3) is 46.6 Å². The number of fused-ring (bicyclic) bond motifs is 13. The van der Waals surface area contributed by atoms with E-state index in [9.17, 15) is 0 Å². The molecule has 0 saturated carbocycles. The summed E-state index contributed by atoms with van der Waals surface area (Å²) in [5, 5.41) is 7.34. The smallest absolute Gasteiger partial charge is 0.127 e. The predicted molar refractivity (Wildman–Crippen MR) is 631 cm³/mol. The Morgan fingerprint density at radius 3 is 1.05 bits per heavy atom. The minimum atomic E-state index is 0.263. The van der Waals surface area contributed by atoms with Crippen LogP contribution in [0.2, 0.25) is 5.02 Å². The standard InChI is InChI=1S/2C20H23N.C20H21N.C19H23ClN2.C19H24N2.C19H21NO.C19H19N/c1-21-14-6-12-20-13-11-15(16-7-2-4-9-18(16)20)17-8-3-5-10-19(17)20;2*1-21(2)15-7-12-20-18-10-5-3-8-16(18)13-14-17-9-4-6-11-19(17)20;1-21(2)12-5-13-22-18-7-4-3-6-15(18)8-9-16-10-11-17(20)14-19(16)22;1-20(2)14-7-15-21-18-10-5-3-8-16(18)12-13-17-9-4-6-11-19(17)21;1-20(2)13-7-11-17-16-9-4-3-8-15(16)14-21-19-12-6-5-10-18(17)19;1-20-14-6-11-19-17-9-4-2-7-15(17)12-13-16-8-3-5-10-18(16)19/h2-5,7-10,15,21H,6,11-14H2,1H3;3-6,8-12H,7,13-15H2,1-2H3;3-6,8-14H,7,15H2,1-2H3;3-4,6-7,10-11,14H,5,8-9,12-13H2,1-2H3;3-6,8-11H,7,12-15H2,1-2H3;3-6,8-12H,7,13-14H2,1-2H3;2-5,7-13,20H,6,14H2,1H3/b;;;;;17-11+;. The number of nitrogens with one attached hydrogen (secondary N) is 2. The SMILES string of the molecule is CN(C)CC/C=C1\c2ccccc2COc2ccccc21.CN(C)CCC=C1c2ccccc2C=Cc2ccccc21.CN(C)CCC=C1c2ccccc2CCc2ccccc21.CN(C)CCCN1c2ccccc2CCc2ccc(Cl)cc21.CN(C)CCCN1c2ccccc2CCc2ccccc21.CNCCC=C1c2ccccc2C=Cc2ccccc21.CNCCCC12CCC(c3ccccc31)c1ccccc12. The molecule has 0 atom stereocenters. The number of aryl methyl sites for hydroxylation is 6. The van der Waals surface area contributed by atoms with Crippen LogP contribution in [0, 0.1) is 0 Å². The maximum atomic E-state index is 6.27. The minimum Gasteiger partial charge on any atom is -0.488 e. The highest BCUT2D eigenvalue weighted by atomic mass is 35.5. The number of hydrogen-bond donors (Lipinski definition) is 2. The summed E-state index contributed by atoms with van der Waals surface area (Å²) >= 11 is 6.27. The summed E-state index contributed by atoms with van der Waals surface area (Å²) in [5.74, 6) is 1.60. The fourth-order valence-electron chi connectivity index (χ4n) is 22.3. The molecule has 14 aromatic rings. The molecule has 9 aliphatic rings. The molecule has 23 rings (SSSR count). The van der Waals surface area contributed by atoms with Gasteiger partial charge in [0.15, 0.2) is 0 Å². The molecule has 0 spiro atoms. The van der Waals surface area contributed by atoms with Gasteiger partial charge in [-0.25, -0.2) is 0 Å². The van der Waals surface area contributed by atoms with Gasteiger partial charge in [0.05, 0.1) is 0 Å². The monoisotopic (exact) mass is 1960 g/mol. The third-order valence-electron chi connectivity index (χ3n) is 29.6. The lowest BCUT2D eigenvalue weighted by Gasteiger charge is -2.50. The largest absolute Gasteiger partial charge is 0.488 e. The molecule has 14 aromatic carbocycles. The Hall–Kier alpha value is -13.1. The van der Waals surface area contributed by atoms with Crippen LogP contribution in [0.1, 0.15) is 198 Å². The van der Waals surface area contributed by atoms with Gasteiger partial charge in [-0.2, -0.15) is 0 Å². The molecule has 0 fully saturated rings. The minimum absolute atomic E-state index is 0.263. The zero-order chi connectivity index (χ0) is 102. The average molecular weight is 1970 g/mol.